The number of para-hydroxylation sites is 2. The molecule has 3 aromatic rings. The van der Waals surface area contributed by atoms with Crippen molar-refractivity contribution in [3.05, 3.63) is 30.1 Å². The van der Waals surface area contributed by atoms with Gasteiger partial charge in [-0.15, -0.1) is 10.2 Å². The number of hydrogen-bond acceptors (Lipinski definition) is 5. The van der Waals surface area contributed by atoms with E-state index in [2.05, 4.69) is 15.2 Å². The molecular weight excluding hydrogens is 313 g/mol. The van der Waals surface area contributed by atoms with Crippen LogP contribution in [0.4, 0.5) is 13.2 Å². The molecule has 0 radical (unpaired) electrons. The Labute approximate surface area is 128 Å². The van der Waals surface area contributed by atoms with E-state index in [1.165, 1.54) is 6.07 Å². The van der Waals surface area contributed by atoms with Crippen LogP contribution in [0.1, 0.15) is 12.7 Å². The molecule has 2 aromatic heterocycles. The lowest BCUT2D eigenvalue weighted by molar-refractivity contribution is -0.145. The zero-order valence-electron chi connectivity index (χ0n) is 12.2. The zero-order chi connectivity index (χ0) is 16.4. The summed E-state index contributed by atoms with van der Waals surface area (Å²) in [5, 5.41) is 6.86. The van der Waals surface area contributed by atoms with Gasteiger partial charge in [0, 0.05) is 6.61 Å². The van der Waals surface area contributed by atoms with Crippen LogP contribution in [-0.4, -0.2) is 39.4 Å². The summed E-state index contributed by atoms with van der Waals surface area (Å²) in [6.07, 6.45) is -4.63. The van der Waals surface area contributed by atoms with Crippen molar-refractivity contribution in [2.24, 2.45) is 0 Å². The lowest BCUT2D eigenvalue weighted by Crippen LogP contribution is -2.13. The third-order valence-electron chi connectivity index (χ3n) is 3.12. The second-order valence-electron chi connectivity index (χ2n) is 4.63. The van der Waals surface area contributed by atoms with Gasteiger partial charge in [-0.2, -0.15) is 13.2 Å². The van der Waals surface area contributed by atoms with Gasteiger partial charge in [0.1, 0.15) is 6.61 Å². The molecule has 122 valence electrons. The van der Waals surface area contributed by atoms with Crippen molar-refractivity contribution in [1.82, 2.24) is 19.6 Å². The molecular formula is C14H13F3N4O2. The number of ether oxygens (including phenoxy) is 2. The highest BCUT2D eigenvalue weighted by Crippen LogP contribution is 2.32. The van der Waals surface area contributed by atoms with Crippen LogP contribution < -0.4 is 4.74 Å². The first-order valence-electron chi connectivity index (χ1n) is 6.94. The second kappa shape index (κ2) is 5.99. The van der Waals surface area contributed by atoms with Crippen molar-refractivity contribution in [3.63, 3.8) is 0 Å². The minimum Gasteiger partial charge on any atom is -0.473 e. The fraction of sp³-hybridized carbons (Fsp3) is 0.357. The van der Waals surface area contributed by atoms with Crippen molar-refractivity contribution in [3.8, 4) is 5.88 Å². The fourth-order valence-corrected chi connectivity index (χ4v) is 2.18. The fourth-order valence-electron chi connectivity index (χ4n) is 2.18. The summed E-state index contributed by atoms with van der Waals surface area (Å²) >= 11 is 0. The van der Waals surface area contributed by atoms with Gasteiger partial charge in [-0.05, 0) is 19.1 Å². The van der Waals surface area contributed by atoms with E-state index in [-0.39, 0.29) is 23.7 Å². The van der Waals surface area contributed by atoms with Crippen molar-refractivity contribution in [2.75, 3.05) is 19.8 Å². The van der Waals surface area contributed by atoms with Gasteiger partial charge in [-0.3, -0.25) is 4.40 Å². The number of hydrogen-bond donors (Lipinski definition) is 0. The van der Waals surface area contributed by atoms with E-state index in [0.717, 1.165) is 4.40 Å². The van der Waals surface area contributed by atoms with Gasteiger partial charge in [-0.1, -0.05) is 12.1 Å². The van der Waals surface area contributed by atoms with Crippen LogP contribution in [0.5, 0.6) is 5.88 Å². The predicted molar refractivity (Wildman–Crippen MR) is 75.3 cm³/mol. The summed E-state index contributed by atoms with van der Waals surface area (Å²) in [6.45, 7) is 2.81. The number of alkyl halides is 3. The first-order valence-corrected chi connectivity index (χ1v) is 6.94. The molecule has 6 nitrogen and oxygen atoms in total. The molecule has 0 aliphatic rings. The van der Waals surface area contributed by atoms with Crippen LogP contribution in [-0.2, 0) is 10.9 Å². The molecule has 2 heterocycles. The van der Waals surface area contributed by atoms with Gasteiger partial charge < -0.3 is 9.47 Å². The van der Waals surface area contributed by atoms with Crippen molar-refractivity contribution < 1.29 is 22.6 Å². The molecule has 0 atom stereocenters. The molecule has 3 rings (SSSR count). The van der Waals surface area contributed by atoms with Crippen molar-refractivity contribution in [2.45, 2.75) is 13.1 Å². The maximum absolute atomic E-state index is 13.2. The van der Waals surface area contributed by atoms with Crippen LogP contribution in [0.3, 0.4) is 0 Å². The SMILES string of the molecule is CCOCCOc1nc2ccccc2n2c(C(F)(F)F)nnc12. The number of halogens is 3. The quantitative estimate of drug-likeness (QED) is 0.675. The molecule has 0 bridgehead atoms. The van der Waals surface area contributed by atoms with E-state index < -0.39 is 12.0 Å². The standard InChI is InChI=1S/C14H13F3N4O2/c1-2-22-7-8-23-12-11-19-20-13(14(15,16)17)21(11)10-6-4-3-5-9(10)18-12/h3-6H,2,7-8H2,1H3. The van der Waals surface area contributed by atoms with E-state index in [9.17, 15) is 13.2 Å². The molecule has 0 unspecified atom stereocenters. The Morgan fingerprint density at radius 3 is 2.65 bits per heavy atom. The number of rotatable bonds is 5. The highest BCUT2D eigenvalue weighted by Gasteiger charge is 2.38. The summed E-state index contributed by atoms with van der Waals surface area (Å²) in [5.74, 6) is -1.12. The lowest BCUT2D eigenvalue weighted by Gasteiger charge is -2.10. The van der Waals surface area contributed by atoms with Gasteiger partial charge in [0.05, 0.1) is 17.6 Å². The molecule has 0 saturated carbocycles. The number of benzene rings is 1. The van der Waals surface area contributed by atoms with Crippen molar-refractivity contribution in [1.29, 1.82) is 0 Å². The average Bonchev–Trinajstić information content (AvgIpc) is 2.97. The van der Waals surface area contributed by atoms with E-state index in [0.29, 0.717) is 18.7 Å². The maximum atomic E-state index is 13.2. The summed E-state index contributed by atoms with van der Waals surface area (Å²) in [6, 6.07) is 6.43. The molecule has 1 aromatic carbocycles. The summed E-state index contributed by atoms with van der Waals surface area (Å²) in [5.41, 5.74) is 0.543. The third kappa shape index (κ3) is 2.91. The Bertz CT molecular complexity index is 832. The Balaban J connectivity index is 2.15. The lowest BCUT2D eigenvalue weighted by atomic mass is 10.3. The Morgan fingerprint density at radius 2 is 1.91 bits per heavy atom. The highest BCUT2D eigenvalue weighted by molar-refractivity contribution is 5.79. The Kier molecular flexibility index (Phi) is 4.03. The van der Waals surface area contributed by atoms with Crippen LogP contribution >= 0.6 is 0 Å². The van der Waals surface area contributed by atoms with Gasteiger partial charge in [0.25, 0.3) is 5.88 Å². The molecule has 0 aliphatic heterocycles. The smallest absolute Gasteiger partial charge is 0.452 e. The minimum absolute atomic E-state index is 0.00796. The number of aromatic nitrogens is 4. The monoisotopic (exact) mass is 326 g/mol. The summed E-state index contributed by atoms with van der Waals surface area (Å²) in [7, 11) is 0. The van der Waals surface area contributed by atoms with Crippen LogP contribution in [0.25, 0.3) is 16.7 Å². The number of fused-ring (bicyclic) bond motifs is 3. The molecule has 0 spiro atoms. The minimum atomic E-state index is -4.63. The van der Waals surface area contributed by atoms with E-state index in [1.807, 2.05) is 6.92 Å². The first kappa shape index (κ1) is 15.5. The van der Waals surface area contributed by atoms with Gasteiger partial charge in [0.15, 0.2) is 0 Å². The molecule has 23 heavy (non-hydrogen) atoms. The van der Waals surface area contributed by atoms with E-state index >= 15 is 0 Å². The highest BCUT2D eigenvalue weighted by atomic mass is 19.4. The average molecular weight is 326 g/mol. The first-order chi connectivity index (χ1) is 11.0. The molecule has 0 fully saturated rings. The van der Waals surface area contributed by atoms with E-state index in [4.69, 9.17) is 9.47 Å². The Hall–Kier alpha value is -2.42. The molecule has 0 saturated heterocycles. The van der Waals surface area contributed by atoms with Crippen LogP contribution in [0.15, 0.2) is 24.3 Å². The van der Waals surface area contributed by atoms with E-state index in [1.54, 1.807) is 18.2 Å². The van der Waals surface area contributed by atoms with Crippen LogP contribution in [0, 0.1) is 0 Å². The summed E-state index contributed by atoms with van der Waals surface area (Å²) in [4.78, 5) is 4.23. The molecule has 0 aliphatic carbocycles. The largest absolute Gasteiger partial charge is 0.473 e. The topological polar surface area (TPSA) is 61.5 Å². The van der Waals surface area contributed by atoms with Gasteiger partial charge >= 0.3 is 6.18 Å². The molecule has 0 amide bonds. The van der Waals surface area contributed by atoms with Crippen molar-refractivity contribution >= 4 is 16.7 Å². The molecule has 0 N–H and O–H groups in total. The third-order valence-corrected chi connectivity index (χ3v) is 3.12. The van der Waals surface area contributed by atoms with Gasteiger partial charge in [0.2, 0.25) is 11.5 Å². The summed E-state index contributed by atoms with van der Waals surface area (Å²) < 4.78 is 51.0. The second-order valence-corrected chi connectivity index (χ2v) is 4.63. The molecule has 9 heteroatoms. The normalized spacial score (nSPS) is 12.2. The zero-order valence-corrected chi connectivity index (χ0v) is 12.2. The number of nitrogens with zero attached hydrogens (tertiary/aromatic N) is 4. The predicted octanol–water partition coefficient (Wildman–Crippen LogP) is 2.71. The Morgan fingerprint density at radius 1 is 1.13 bits per heavy atom. The maximum Gasteiger partial charge on any atom is 0.452 e. The van der Waals surface area contributed by atoms with Gasteiger partial charge in [-0.25, -0.2) is 4.98 Å². The van der Waals surface area contributed by atoms with Crippen LogP contribution in [0.2, 0.25) is 0 Å².